The van der Waals surface area contributed by atoms with Gasteiger partial charge in [-0.25, -0.2) is 0 Å². The van der Waals surface area contributed by atoms with Crippen molar-refractivity contribution in [3.8, 4) is 0 Å². The van der Waals surface area contributed by atoms with Gasteiger partial charge in [0.1, 0.15) is 0 Å². The summed E-state index contributed by atoms with van der Waals surface area (Å²) in [6, 6.07) is 7.20. The molecule has 0 aromatic heterocycles. The summed E-state index contributed by atoms with van der Waals surface area (Å²) in [7, 11) is 0. The fraction of sp³-hybridized carbons (Fsp3) is 0.526. The van der Waals surface area contributed by atoms with Crippen LogP contribution in [0.15, 0.2) is 24.3 Å². The molecule has 1 aliphatic heterocycles. The number of likely N-dealkylation sites (N-methyl/N-ethyl adjacent to an activating group) is 1. The molecule has 26 heavy (non-hydrogen) atoms. The summed E-state index contributed by atoms with van der Waals surface area (Å²) in [6.45, 7) is 6.79. The Morgan fingerprint density at radius 3 is 2.31 bits per heavy atom. The molecule has 0 radical (unpaired) electrons. The van der Waals surface area contributed by atoms with Crippen LogP contribution in [-0.2, 0) is 14.4 Å². The molecule has 1 aromatic carbocycles. The molecule has 0 spiro atoms. The number of nitrogens with one attached hydrogen (secondary N) is 3. The maximum absolute atomic E-state index is 12.7. The van der Waals surface area contributed by atoms with Gasteiger partial charge in [-0.05, 0) is 57.5 Å². The van der Waals surface area contributed by atoms with Crippen LogP contribution >= 0.6 is 0 Å². The molecule has 7 heteroatoms. The lowest BCUT2D eigenvalue weighted by Gasteiger charge is -2.31. The van der Waals surface area contributed by atoms with Crippen molar-refractivity contribution in [2.75, 3.05) is 30.3 Å². The number of hydrogen-bond donors (Lipinski definition) is 3. The first-order valence-electron chi connectivity index (χ1n) is 9.08. The van der Waals surface area contributed by atoms with E-state index in [1.165, 1.54) is 6.92 Å². The predicted octanol–water partition coefficient (Wildman–Crippen LogP) is 1.82. The van der Waals surface area contributed by atoms with Crippen molar-refractivity contribution in [2.45, 2.75) is 39.7 Å². The van der Waals surface area contributed by atoms with Crippen LogP contribution in [0.3, 0.4) is 0 Å². The first-order chi connectivity index (χ1) is 12.4. The van der Waals surface area contributed by atoms with E-state index in [-0.39, 0.29) is 30.2 Å². The van der Waals surface area contributed by atoms with E-state index in [1.54, 1.807) is 29.2 Å². The molecule has 1 saturated heterocycles. The standard InChI is InChI=1S/C19H28N4O3/c1-4-23(19(26)15-9-10-20-13(2)11-15)12-18(25)22-17-7-5-16(6-8-17)21-14(3)24/h5-8,13,15,20H,4,9-12H2,1-3H3,(H,21,24)(H,22,25)/t13-,15-/m0/s1. The Morgan fingerprint density at radius 1 is 1.15 bits per heavy atom. The van der Waals surface area contributed by atoms with Gasteiger partial charge >= 0.3 is 0 Å². The van der Waals surface area contributed by atoms with Gasteiger partial charge in [-0.3, -0.25) is 14.4 Å². The summed E-state index contributed by atoms with van der Waals surface area (Å²) < 4.78 is 0. The largest absolute Gasteiger partial charge is 0.333 e. The molecule has 1 aromatic rings. The molecule has 142 valence electrons. The fourth-order valence-electron chi connectivity index (χ4n) is 3.17. The molecule has 3 N–H and O–H groups in total. The Bertz CT molecular complexity index is 645. The first kappa shape index (κ1) is 19.9. The van der Waals surface area contributed by atoms with E-state index in [9.17, 15) is 14.4 Å². The number of amides is 3. The number of anilines is 2. The number of piperidine rings is 1. The molecule has 0 bridgehead atoms. The van der Waals surface area contributed by atoms with Crippen LogP contribution in [0.25, 0.3) is 0 Å². The molecule has 2 atom stereocenters. The van der Waals surface area contributed by atoms with Gasteiger partial charge < -0.3 is 20.9 Å². The maximum Gasteiger partial charge on any atom is 0.243 e. The van der Waals surface area contributed by atoms with E-state index in [2.05, 4.69) is 22.9 Å². The topological polar surface area (TPSA) is 90.5 Å². The van der Waals surface area contributed by atoms with Crippen LogP contribution in [-0.4, -0.2) is 48.3 Å². The molecule has 3 amide bonds. The molecular weight excluding hydrogens is 332 g/mol. The monoisotopic (exact) mass is 360 g/mol. The lowest BCUT2D eigenvalue weighted by Crippen LogP contribution is -2.46. The van der Waals surface area contributed by atoms with Gasteiger partial charge in [0.05, 0.1) is 6.54 Å². The van der Waals surface area contributed by atoms with Gasteiger partial charge in [-0.15, -0.1) is 0 Å². The zero-order chi connectivity index (χ0) is 19.1. The number of carbonyl (C=O) groups excluding carboxylic acids is 3. The average molecular weight is 360 g/mol. The van der Waals surface area contributed by atoms with Gasteiger partial charge in [-0.2, -0.15) is 0 Å². The Hall–Kier alpha value is -2.41. The molecule has 1 heterocycles. The van der Waals surface area contributed by atoms with E-state index in [0.29, 0.717) is 24.0 Å². The summed E-state index contributed by atoms with van der Waals surface area (Å²) in [5.74, 6) is -0.339. The van der Waals surface area contributed by atoms with Crippen molar-refractivity contribution >= 4 is 29.1 Å². The van der Waals surface area contributed by atoms with E-state index in [0.717, 1.165) is 19.4 Å². The van der Waals surface area contributed by atoms with Crippen molar-refractivity contribution in [3.05, 3.63) is 24.3 Å². The lowest BCUT2D eigenvalue weighted by atomic mass is 9.92. The first-order valence-corrected chi connectivity index (χ1v) is 9.08. The smallest absolute Gasteiger partial charge is 0.243 e. The minimum absolute atomic E-state index is 0.0176. The Kier molecular flexibility index (Phi) is 7.15. The quantitative estimate of drug-likeness (QED) is 0.722. The van der Waals surface area contributed by atoms with Crippen molar-refractivity contribution < 1.29 is 14.4 Å². The van der Waals surface area contributed by atoms with Crippen LogP contribution in [0.2, 0.25) is 0 Å². The molecule has 0 aliphatic carbocycles. The van der Waals surface area contributed by atoms with Crippen molar-refractivity contribution in [3.63, 3.8) is 0 Å². The number of benzene rings is 1. The summed E-state index contributed by atoms with van der Waals surface area (Å²) in [5, 5.41) is 8.81. The molecular formula is C19H28N4O3. The lowest BCUT2D eigenvalue weighted by molar-refractivity contribution is -0.139. The summed E-state index contributed by atoms with van der Waals surface area (Å²) in [4.78, 5) is 37.6. The second kappa shape index (κ2) is 9.33. The maximum atomic E-state index is 12.7. The number of hydrogen-bond acceptors (Lipinski definition) is 4. The third kappa shape index (κ3) is 5.84. The van der Waals surface area contributed by atoms with Gasteiger partial charge in [0.2, 0.25) is 17.7 Å². The highest BCUT2D eigenvalue weighted by Gasteiger charge is 2.28. The third-order valence-corrected chi connectivity index (χ3v) is 4.49. The van der Waals surface area contributed by atoms with Crippen molar-refractivity contribution in [2.24, 2.45) is 5.92 Å². The molecule has 2 rings (SSSR count). The molecule has 1 fully saturated rings. The summed E-state index contributed by atoms with van der Waals surface area (Å²) in [6.07, 6.45) is 1.62. The third-order valence-electron chi connectivity index (χ3n) is 4.49. The van der Waals surface area contributed by atoms with Crippen LogP contribution in [0.4, 0.5) is 11.4 Å². The minimum Gasteiger partial charge on any atom is -0.333 e. The highest BCUT2D eigenvalue weighted by molar-refractivity contribution is 5.95. The molecule has 0 saturated carbocycles. The van der Waals surface area contributed by atoms with Crippen LogP contribution in [0, 0.1) is 5.92 Å². The zero-order valence-corrected chi connectivity index (χ0v) is 15.7. The summed E-state index contributed by atoms with van der Waals surface area (Å²) in [5.41, 5.74) is 1.30. The Labute approximate surface area is 154 Å². The van der Waals surface area contributed by atoms with E-state index >= 15 is 0 Å². The molecule has 7 nitrogen and oxygen atoms in total. The summed E-state index contributed by atoms with van der Waals surface area (Å²) >= 11 is 0. The number of carbonyl (C=O) groups is 3. The van der Waals surface area contributed by atoms with Gasteiger partial charge in [-0.1, -0.05) is 0 Å². The SMILES string of the molecule is CCN(CC(=O)Nc1ccc(NC(C)=O)cc1)C(=O)[C@H]1CCN[C@@H](C)C1. The predicted molar refractivity (Wildman–Crippen MR) is 102 cm³/mol. The van der Waals surface area contributed by atoms with Crippen LogP contribution in [0.5, 0.6) is 0 Å². The Morgan fingerprint density at radius 2 is 1.77 bits per heavy atom. The zero-order valence-electron chi connectivity index (χ0n) is 15.7. The minimum atomic E-state index is -0.227. The van der Waals surface area contributed by atoms with E-state index in [1.807, 2.05) is 6.92 Å². The van der Waals surface area contributed by atoms with E-state index < -0.39 is 0 Å². The van der Waals surface area contributed by atoms with Crippen molar-refractivity contribution in [1.82, 2.24) is 10.2 Å². The van der Waals surface area contributed by atoms with Crippen molar-refractivity contribution in [1.29, 1.82) is 0 Å². The second-order valence-electron chi connectivity index (χ2n) is 6.74. The number of nitrogens with zero attached hydrogens (tertiary/aromatic N) is 1. The molecule has 0 unspecified atom stereocenters. The van der Waals surface area contributed by atoms with Gasteiger partial charge in [0, 0.05) is 36.8 Å². The Balaban J connectivity index is 1.90. The van der Waals surface area contributed by atoms with E-state index in [4.69, 9.17) is 0 Å². The normalized spacial score (nSPS) is 19.5. The van der Waals surface area contributed by atoms with Crippen LogP contribution < -0.4 is 16.0 Å². The number of rotatable bonds is 6. The highest BCUT2D eigenvalue weighted by atomic mass is 16.2. The second-order valence-corrected chi connectivity index (χ2v) is 6.74. The van der Waals surface area contributed by atoms with Crippen LogP contribution in [0.1, 0.15) is 33.6 Å². The molecule has 1 aliphatic rings. The van der Waals surface area contributed by atoms with Gasteiger partial charge in [0.15, 0.2) is 0 Å². The highest BCUT2D eigenvalue weighted by Crippen LogP contribution is 2.19. The average Bonchev–Trinajstić information content (AvgIpc) is 2.60. The fourth-order valence-corrected chi connectivity index (χ4v) is 3.17. The van der Waals surface area contributed by atoms with Gasteiger partial charge in [0.25, 0.3) is 0 Å².